The minimum absolute atomic E-state index is 0.128. The summed E-state index contributed by atoms with van der Waals surface area (Å²) < 4.78 is 0. The third-order valence-electron chi connectivity index (χ3n) is 4.45. The first-order valence-corrected chi connectivity index (χ1v) is 8.95. The Labute approximate surface area is 157 Å². The van der Waals surface area contributed by atoms with Crippen LogP contribution in [0.3, 0.4) is 0 Å². The number of aromatic nitrogens is 3. The van der Waals surface area contributed by atoms with Gasteiger partial charge >= 0.3 is 5.97 Å². The molecule has 142 valence electrons. The average molecular weight is 369 g/mol. The zero-order valence-corrected chi connectivity index (χ0v) is 15.7. The number of carboxylic acids is 1. The number of carbonyl (C=O) groups is 2. The molecule has 3 rings (SSSR count). The molecule has 27 heavy (non-hydrogen) atoms. The van der Waals surface area contributed by atoms with Crippen molar-refractivity contribution in [2.45, 2.75) is 26.7 Å². The van der Waals surface area contributed by atoms with Crippen LogP contribution in [-0.4, -0.2) is 63.0 Å². The maximum absolute atomic E-state index is 12.6. The normalized spacial score (nSPS) is 14.5. The molecule has 0 atom stereocenters. The molecule has 2 aromatic rings. The third-order valence-corrected chi connectivity index (χ3v) is 4.45. The van der Waals surface area contributed by atoms with Gasteiger partial charge in [-0.2, -0.15) is 0 Å². The number of piperazine rings is 1. The summed E-state index contributed by atoms with van der Waals surface area (Å²) in [5, 5.41) is 9.04. The molecule has 0 saturated carbocycles. The minimum atomic E-state index is -1.14. The summed E-state index contributed by atoms with van der Waals surface area (Å²) in [4.78, 5) is 40.6. The molecule has 1 fully saturated rings. The summed E-state index contributed by atoms with van der Waals surface area (Å²) in [5.41, 5.74) is 0.956. The van der Waals surface area contributed by atoms with E-state index in [1.54, 1.807) is 11.0 Å². The van der Waals surface area contributed by atoms with Crippen LogP contribution in [0.2, 0.25) is 0 Å². The van der Waals surface area contributed by atoms with Crippen LogP contribution < -0.4 is 4.90 Å². The van der Waals surface area contributed by atoms with Crippen molar-refractivity contribution in [1.29, 1.82) is 0 Å². The first-order valence-electron chi connectivity index (χ1n) is 8.95. The number of carbonyl (C=O) groups excluding carboxylic acids is 1. The Morgan fingerprint density at radius 2 is 1.70 bits per heavy atom. The van der Waals surface area contributed by atoms with Gasteiger partial charge < -0.3 is 14.9 Å². The topological polar surface area (TPSA) is 99.5 Å². The predicted molar refractivity (Wildman–Crippen MR) is 100 cm³/mol. The second-order valence-corrected chi connectivity index (χ2v) is 6.87. The Morgan fingerprint density at radius 1 is 1.04 bits per heavy atom. The Morgan fingerprint density at radius 3 is 2.33 bits per heavy atom. The number of anilines is 1. The van der Waals surface area contributed by atoms with Crippen LogP contribution in [0.15, 0.2) is 24.3 Å². The van der Waals surface area contributed by atoms with Crippen LogP contribution in [0.4, 0.5) is 5.82 Å². The summed E-state index contributed by atoms with van der Waals surface area (Å²) in [6.07, 6.45) is 0. The highest BCUT2D eigenvalue weighted by Gasteiger charge is 2.24. The van der Waals surface area contributed by atoms with Gasteiger partial charge in [0.1, 0.15) is 23.0 Å². The van der Waals surface area contributed by atoms with Gasteiger partial charge in [0, 0.05) is 43.9 Å². The standard InChI is InChI=1S/C19H23N5O3/c1-12(2)17-20-13(3)11-16(22-17)23-7-9-24(10-8-23)18(25)14-5-4-6-15(21-14)19(26)27/h4-6,11-12H,7-10H2,1-3H3,(H,26,27). The Kier molecular flexibility index (Phi) is 5.34. The van der Waals surface area contributed by atoms with E-state index in [9.17, 15) is 9.59 Å². The Balaban J connectivity index is 1.69. The highest BCUT2D eigenvalue weighted by molar-refractivity contribution is 5.94. The zero-order valence-electron chi connectivity index (χ0n) is 15.7. The molecule has 8 nitrogen and oxygen atoms in total. The highest BCUT2D eigenvalue weighted by Crippen LogP contribution is 2.19. The fraction of sp³-hybridized carbons (Fsp3) is 0.421. The van der Waals surface area contributed by atoms with E-state index >= 15 is 0 Å². The van der Waals surface area contributed by atoms with Gasteiger partial charge in [0.05, 0.1) is 0 Å². The quantitative estimate of drug-likeness (QED) is 0.879. The molecule has 0 aromatic carbocycles. The Hall–Kier alpha value is -3.03. The average Bonchev–Trinajstić information content (AvgIpc) is 2.67. The molecule has 3 heterocycles. The number of rotatable bonds is 4. The number of aryl methyl sites for hydroxylation is 1. The van der Waals surface area contributed by atoms with Crippen molar-refractivity contribution in [1.82, 2.24) is 19.9 Å². The monoisotopic (exact) mass is 369 g/mol. The molecule has 1 aliphatic heterocycles. The van der Waals surface area contributed by atoms with E-state index in [-0.39, 0.29) is 23.2 Å². The van der Waals surface area contributed by atoms with E-state index in [1.807, 2.05) is 13.0 Å². The summed E-state index contributed by atoms with van der Waals surface area (Å²) >= 11 is 0. The maximum atomic E-state index is 12.6. The van der Waals surface area contributed by atoms with Gasteiger partial charge in [-0.3, -0.25) is 4.79 Å². The first-order chi connectivity index (χ1) is 12.8. The molecule has 0 spiro atoms. The molecular formula is C19H23N5O3. The van der Waals surface area contributed by atoms with E-state index < -0.39 is 5.97 Å². The molecule has 0 bridgehead atoms. The molecule has 2 aromatic heterocycles. The fourth-order valence-corrected chi connectivity index (χ4v) is 2.97. The van der Waals surface area contributed by atoms with Gasteiger partial charge in [-0.25, -0.2) is 19.7 Å². The van der Waals surface area contributed by atoms with Gasteiger partial charge in [0.15, 0.2) is 0 Å². The zero-order chi connectivity index (χ0) is 19.6. The van der Waals surface area contributed by atoms with Gasteiger partial charge in [-0.1, -0.05) is 19.9 Å². The SMILES string of the molecule is Cc1cc(N2CCN(C(=O)c3cccc(C(=O)O)n3)CC2)nc(C(C)C)n1. The lowest BCUT2D eigenvalue weighted by Gasteiger charge is -2.35. The van der Waals surface area contributed by atoms with E-state index in [4.69, 9.17) is 5.11 Å². The summed E-state index contributed by atoms with van der Waals surface area (Å²) in [6.45, 7) is 8.44. The van der Waals surface area contributed by atoms with Crippen molar-refractivity contribution in [2.24, 2.45) is 0 Å². The van der Waals surface area contributed by atoms with Crippen molar-refractivity contribution >= 4 is 17.7 Å². The van der Waals surface area contributed by atoms with Crippen LogP contribution >= 0.6 is 0 Å². The van der Waals surface area contributed by atoms with Crippen LogP contribution in [0.1, 0.15) is 52.3 Å². The lowest BCUT2D eigenvalue weighted by Crippen LogP contribution is -2.49. The van der Waals surface area contributed by atoms with Gasteiger partial charge in [-0.15, -0.1) is 0 Å². The lowest BCUT2D eigenvalue weighted by molar-refractivity contribution is 0.0689. The summed E-state index contributed by atoms with van der Waals surface area (Å²) in [6, 6.07) is 6.42. The maximum Gasteiger partial charge on any atom is 0.354 e. The van der Waals surface area contributed by atoms with Crippen molar-refractivity contribution in [3.8, 4) is 0 Å². The van der Waals surface area contributed by atoms with Crippen LogP contribution in [0.25, 0.3) is 0 Å². The van der Waals surface area contributed by atoms with Crippen molar-refractivity contribution in [3.05, 3.63) is 47.2 Å². The molecule has 0 unspecified atom stereocenters. The highest BCUT2D eigenvalue weighted by atomic mass is 16.4. The number of pyridine rings is 1. The molecule has 0 radical (unpaired) electrons. The summed E-state index contributed by atoms with van der Waals surface area (Å²) in [5.74, 6) is 0.552. The number of hydrogen-bond donors (Lipinski definition) is 1. The number of amides is 1. The van der Waals surface area contributed by atoms with Crippen LogP contribution in [0.5, 0.6) is 0 Å². The van der Waals surface area contributed by atoms with Gasteiger partial charge in [0.25, 0.3) is 5.91 Å². The van der Waals surface area contributed by atoms with Gasteiger partial charge in [0.2, 0.25) is 0 Å². The lowest BCUT2D eigenvalue weighted by atomic mass is 10.2. The number of carboxylic acid groups (broad SMARTS) is 1. The predicted octanol–water partition coefficient (Wildman–Crippen LogP) is 1.96. The van der Waals surface area contributed by atoms with Gasteiger partial charge in [-0.05, 0) is 19.1 Å². The van der Waals surface area contributed by atoms with Crippen molar-refractivity contribution in [2.75, 3.05) is 31.1 Å². The van der Waals surface area contributed by atoms with Crippen molar-refractivity contribution in [3.63, 3.8) is 0 Å². The third kappa shape index (κ3) is 4.21. The number of aromatic carboxylic acids is 1. The van der Waals surface area contributed by atoms with Crippen LogP contribution in [0, 0.1) is 6.92 Å². The second kappa shape index (κ2) is 7.69. The number of nitrogens with zero attached hydrogens (tertiary/aromatic N) is 5. The van der Waals surface area contributed by atoms with Crippen LogP contribution in [-0.2, 0) is 0 Å². The molecular weight excluding hydrogens is 346 g/mol. The smallest absolute Gasteiger partial charge is 0.354 e. The fourth-order valence-electron chi connectivity index (χ4n) is 2.97. The second-order valence-electron chi connectivity index (χ2n) is 6.87. The van der Waals surface area contributed by atoms with E-state index in [2.05, 4.69) is 33.7 Å². The first kappa shape index (κ1) is 18.8. The molecule has 1 N–H and O–H groups in total. The Bertz CT molecular complexity index is 860. The van der Waals surface area contributed by atoms with Crippen molar-refractivity contribution < 1.29 is 14.7 Å². The summed E-state index contributed by atoms with van der Waals surface area (Å²) in [7, 11) is 0. The molecule has 1 aliphatic rings. The molecule has 1 saturated heterocycles. The molecule has 8 heteroatoms. The minimum Gasteiger partial charge on any atom is -0.477 e. The van der Waals surface area contributed by atoms with E-state index in [1.165, 1.54) is 12.1 Å². The molecule has 1 amide bonds. The molecule has 0 aliphatic carbocycles. The largest absolute Gasteiger partial charge is 0.477 e. The van der Waals surface area contributed by atoms with E-state index in [0.29, 0.717) is 26.2 Å². The van der Waals surface area contributed by atoms with E-state index in [0.717, 1.165) is 17.3 Å². The number of hydrogen-bond acceptors (Lipinski definition) is 6.